The van der Waals surface area contributed by atoms with Crippen LogP contribution in [-0.2, 0) is 18.3 Å². The molecule has 0 atom stereocenters. The molecule has 0 aliphatic carbocycles. The van der Waals surface area contributed by atoms with Crippen LogP contribution in [0.3, 0.4) is 0 Å². The fraction of sp³-hybridized carbons (Fsp3) is 0.350. The first-order chi connectivity index (χ1) is 12.2. The summed E-state index contributed by atoms with van der Waals surface area (Å²) >= 11 is 0. The Morgan fingerprint density at radius 2 is 2.04 bits per heavy atom. The van der Waals surface area contributed by atoms with Crippen LogP contribution in [-0.4, -0.2) is 33.4 Å². The molecule has 3 heterocycles. The van der Waals surface area contributed by atoms with Gasteiger partial charge in [-0.3, -0.25) is 9.78 Å². The second-order valence-electron chi connectivity index (χ2n) is 6.79. The number of rotatable bonds is 4. The molecule has 4 rings (SSSR count). The second kappa shape index (κ2) is 6.76. The summed E-state index contributed by atoms with van der Waals surface area (Å²) in [5, 5.41) is 5.51. The van der Waals surface area contributed by atoms with Crippen molar-refractivity contribution >= 4 is 16.6 Å². The molecule has 5 heteroatoms. The Kier molecular flexibility index (Phi) is 4.32. The third kappa shape index (κ3) is 3.33. The van der Waals surface area contributed by atoms with E-state index in [1.54, 1.807) is 6.33 Å². The van der Waals surface area contributed by atoms with E-state index in [9.17, 15) is 4.79 Å². The monoisotopic (exact) mass is 334 g/mol. The summed E-state index contributed by atoms with van der Waals surface area (Å²) in [6.07, 6.45) is 7.84. The summed E-state index contributed by atoms with van der Waals surface area (Å²) in [7, 11) is 1.99. The topological polar surface area (TPSA) is 59.8 Å². The number of aryl methyl sites for hydroxylation is 1. The highest BCUT2D eigenvalue weighted by atomic mass is 16.1. The zero-order chi connectivity index (χ0) is 17.2. The van der Waals surface area contributed by atoms with Gasteiger partial charge < -0.3 is 9.88 Å². The van der Waals surface area contributed by atoms with Crippen LogP contribution in [0.15, 0.2) is 43.0 Å². The number of nitrogens with zero attached hydrogens (tertiary/aromatic N) is 3. The van der Waals surface area contributed by atoms with E-state index >= 15 is 0 Å². The Hall–Kier alpha value is -2.53. The maximum atomic E-state index is 12.5. The van der Waals surface area contributed by atoms with Crippen molar-refractivity contribution in [1.29, 1.82) is 0 Å². The average molecular weight is 334 g/mol. The van der Waals surface area contributed by atoms with Crippen molar-refractivity contribution in [2.45, 2.75) is 19.3 Å². The number of nitrogens with one attached hydrogen (secondary N) is 1. The molecule has 1 fully saturated rings. The van der Waals surface area contributed by atoms with Crippen LogP contribution in [0.25, 0.3) is 22.0 Å². The summed E-state index contributed by atoms with van der Waals surface area (Å²) in [6.45, 7) is 1.88. The second-order valence-corrected chi connectivity index (χ2v) is 6.79. The van der Waals surface area contributed by atoms with E-state index < -0.39 is 0 Å². The number of aromatic nitrogens is 3. The van der Waals surface area contributed by atoms with E-state index in [-0.39, 0.29) is 5.92 Å². The summed E-state index contributed by atoms with van der Waals surface area (Å²) in [6, 6.07) is 8.35. The van der Waals surface area contributed by atoms with Crippen molar-refractivity contribution in [2.75, 3.05) is 13.1 Å². The molecule has 0 spiro atoms. The van der Waals surface area contributed by atoms with Crippen molar-refractivity contribution in [1.82, 2.24) is 19.9 Å². The van der Waals surface area contributed by atoms with Gasteiger partial charge in [0.15, 0.2) is 0 Å². The van der Waals surface area contributed by atoms with Gasteiger partial charge in [-0.15, -0.1) is 0 Å². The van der Waals surface area contributed by atoms with Gasteiger partial charge in [0.05, 0.1) is 18.2 Å². The lowest BCUT2D eigenvalue weighted by Crippen LogP contribution is -2.32. The molecule has 0 bridgehead atoms. The fourth-order valence-corrected chi connectivity index (χ4v) is 3.54. The normalized spacial score (nSPS) is 15.6. The standard InChI is InChI=1S/C20H22N4O/c1-24-13-22-12-19(24)15-2-3-16-11-23-18(9-17(16)8-15)10-20(25)14-4-6-21-7-5-14/h2-3,8-9,11-14,21H,4-7,10H2,1H3. The van der Waals surface area contributed by atoms with Gasteiger partial charge in [-0.1, -0.05) is 12.1 Å². The van der Waals surface area contributed by atoms with E-state index in [1.165, 1.54) is 0 Å². The van der Waals surface area contributed by atoms with Crippen LogP contribution in [0, 0.1) is 5.92 Å². The van der Waals surface area contributed by atoms with Crippen molar-refractivity contribution < 1.29 is 4.79 Å². The predicted molar refractivity (Wildman–Crippen MR) is 98.2 cm³/mol. The molecule has 1 N–H and O–H groups in total. The Balaban J connectivity index is 1.60. The Morgan fingerprint density at radius 3 is 2.80 bits per heavy atom. The summed E-state index contributed by atoms with van der Waals surface area (Å²) < 4.78 is 2.00. The van der Waals surface area contributed by atoms with E-state index in [0.717, 1.165) is 53.7 Å². The number of piperidine rings is 1. The highest BCUT2D eigenvalue weighted by molar-refractivity contribution is 5.88. The SMILES string of the molecule is Cn1cncc1-c1ccc2cnc(CC(=O)C3CCNCC3)cc2c1. The molecule has 0 unspecified atom stereocenters. The maximum Gasteiger partial charge on any atom is 0.142 e. The van der Waals surface area contributed by atoms with Gasteiger partial charge in [0.25, 0.3) is 0 Å². The first-order valence-corrected chi connectivity index (χ1v) is 8.79. The molecule has 1 aromatic carbocycles. The van der Waals surface area contributed by atoms with Crippen molar-refractivity contribution in [3.8, 4) is 11.3 Å². The lowest BCUT2D eigenvalue weighted by Gasteiger charge is -2.21. The first-order valence-electron chi connectivity index (χ1n) is 8.79. The molecule has 25 heavy (non-hydrogen) atoms. The van der Waals surface area contributed by atoms with Gasteiger partial charge in [0, 0.05) is 42.2 Å². The number of hydrogen-bond acceptors (Lipinski definition) is 4. The smallest absolute Gasteiger partial charge is 0.142 e. The highest BCUT2D eigenvalue weighted by Crippen LogP contribution is 2.24. The molecule has 3 aromatic rings. The van der Waals surface area contributed by atoms with Gasteiger partial charge in [0.2, 0.25) is 0 Å². The average Bonchev–Trinajstić information content (AvgIpc) is 3.08. The van der Waals surface area contributed by atoms with Crippen molar-refractivity contribution in [3.63, 3.8) is 0 Å². The fourth-order valence-electron chi connectivity index (χ4n) is 3.54. The predicted octanol–water partition coefficient (Wildman–Crippen LogP) is 2.75. The molecular weight excluding hydrogens is 312 g/mol. The van der Waals surface area contributed by atoms with Crippen LogP contribution in [0.2, 0.25) is 0 Å². The molecule has 128 valence electrons. The molecule has 0 amide bonds. The van der Waals surface area contributed by atoms with Gasteiger partial charge in [0.1, 0.15) is 5.78 Å². The number of fused-ring (bicyclic) bond motifs is 1. The van der Waals surface area contributed by atoms with Crippen LogP contribution < -0.4 is 5.32 Å². The van der Waals surface area contributed by atoms with Gasteiger partial charge >= 0.3 is 0 Å². The largest absolute Gasteiger partial charge is 0.334 e. The zero-order valence-corrected chi connectivity index (χ0v) is 14.4. The van der Waals surface area contributed by atoms with Crippen LogP contribution in [0.5, 0.6) is 0 Å². The lowest BCUT2D eigenvalue weighted by atomic mass is 9.91. The minimum absolute atomic E-state index is 0.180. The highest BCUT2D eigenvalue weighted by Gasteiger charge is 2.21. The third-order valence-corrected chi connectivity index (χ3v) is 5.04. The first kappa shape index (κ1) is 16.0. The van der Waals surface area contributed by atoms with Crippen LogP contribution in [0.1, 0.15) is 18.5 Å². The molecule has 1 saturated heterocycles. The van der Waals surface area contributed by atoms with E-state index in [1.807, 2.05) is 30.1 Å². The van der Waals surface area contributed by atoms with Crippen LogP contribution in [0.4, 0.5) is 0 Å². The Bertz CT molecular complexity index is 909. The van der Waals surface area contributed by atoms with Gasteiger partial charge in [-0.05, 0) is 43.5 Å². The maximum absolute atomic E-state index is 12.5. The number of Topliss-reactive ketones (excluding diaryl/α,β-unsaturated/α-hetero) is 1. The quantitative estimate of drug-likeness (QED) is 0.797. The zero-order valence-electron chi connectivity index (χ0n) is 14.4. The molecule has 0 radical (unpaired) electrons. The van der Waals surface area contributed by atoms with Gasteiger partial charge in [-0.25, -0.2) is 4.98 Å². The number of hydrogen-bond donors (Lipinski definition) is 1. The molecule has 1 aliphatic rings. The number of benzene rings is 1. The number of carbonyl (C=O) groups is 1. The summed E-state index contributed by atoms with van der Waals surface area (Å²) in [5.41, 5.74) is 3.05. The van der Waals surface area contributed by atoms with Crippen LogP contribution >= 0.6 is 0 Å². The summed E-state index contributed by atoms with van der Waals surface area (Å²) in [4.78, 5) is 21.2. The number of ketones is 1. The number of carbonyl (C=O) groups excluding carboxylic acids is 1. The minimum Gasteiger partial charge on any atom is -0.334 e. The minimum atomic E-state index is 0.180. The molecule has 0 saturated carbocycles. The van der Waals surface area contributed by atoms with Crippen molar-refractivity contribution in [2.24, 2.45) is 13.0 Å². The molecule has 2 aromatic heterocycles. The van der Waals surface area contributed by atoms with E-state index in [0.29, 0.717) is 12.2 Å². The Morgan fingerprint density at radius 1 is 1.20 bits per heavy atom. The number of pyridine rings is 1. The summed E-state index contributed by atoms with van der Waals surface area (Å²) in [5.74, 6) is 0.496. The van der Waals surface area contributed by atoms with E-state index in [2.05, 4.69) is 33.5 Å². The number of imidazole rings is 1. The third-order valence-electron chi connectivity index (χ3n) is 5.04. The lowest BCUT2D eigenvalue weighted by molar-refractivity contribution is -0.123. The van der Waals surface area contributed by atoms with Gasteiger partial charge in [-0.2, -0.15) is 0 Å². The molecular formula is C20H22N4O. The van der Waals surface area contributed by atoms with E-state index in [4.69, 9.17) is 0 Å². The molecule has 5 nitrogen and oxygen atoms in total. The Labute approximate surface area is 147 Å². The van der Waals surface area contributed by atoms with Crippen molar-refractivity contribution in [3.05, 3.63) is 48.7 Å². The molecule has 1 aliphatic heterocycles.